The second-order valence-electron chi connectivity index (χ2n) is 10.6. The molecule has 0 radical (unpaired) electrons. The van der Waals surface area contributed by atoms with E-state index in [1.807, 2.05) is 49.1 Å². The zero-order valence-electron chi connectivity index (χ0n) is 22.8. The molecule has 1 N–H and O–H groups in total. The molecule has 2 aromatic rings. The first-order chi connectivity index (χ1) is 18.3. The zero-order chi connectivity index (χ0) is 27.2. The summed E-state index contributed by atoms with van der Waals surface area (Å²) in [6.07, 6.45) is 3.65. The standard InChI is InChI=1S/C30H39N3O5/c1-20-17-33(29(35)23-12-6-5-7-13-23)21(2)19-38-26-15-14-24(31-28(34)22-10-8-9-11-22)16-25(26)30(36)32(3)18-27(20)37-4/h5-7,12-16,20-22,27H,8-11,17-19H2,1-4H3,(H,31,34)/t20-,21-,27-/m1/s1. The molecule has 2 aliphatic rings. The molecule has 1 fully saturated rings. The molecule has 1 aliphatic carbocycles. The number of anilines is 1. The van der Waals surface area contributed by atoms with Crippen LogP contribution in [0.2, 0.25) is 0 Å². The predicted molar refractivity (Wildman–Crippen MR) is 146 cm³/mol. The van der Waals surface area contributed by atoms with Gasteiger partial charge in [-0.15, -0.1) is 0 Å². The van der Waals surface area contributed by atoms with E-state index in [4.69, 9.17) is 9.47 Å². The van der Waals surface area contributed by atoms with Crippen LogP contribution in [0, 0.1) is 11.8 Å². The van der Waals surface area contributed by atoms with E-state index in [0.717, 1.165) is 25.7 Å². The van der Waals surface area contributed by atoms with E-state index in [9.17, 15) is 14.4 Å². The number of fused-ring (bicyclic) bond motifs is 1. The van der Waals surface area contributed by atoms with Crippen molar-refractivity contribution in [2.24, 2.45) is 11.8 Å². The van der Waals surface area contributed by atoms with Gasteiger partial charge in [-0.25, -0.2) is 0 Å². The van der Waals surface area contributed by atoms with E-state index in [2.05, 4.69) is 5.32 Å². The van der Waals surface area contributed by atoms with Crippen LogP contribution in [-0.2, 0) is 9.53 Å². The molecule has 0 saturated heterocycles. The minimum atomic E-state index is -0.281. The Hall–Kier alpha value is -3.39. The molecular weight excluding hydrogens is 482 g/mol. The summed E-state index contributed by atoms with van der Waals surface area (Å²) in [5, 5.41) is 2.99. The lowest BCUT2D eigenvalue weighted by Gasteiger charge is -2.36. The number of amides is 3. The molecule has 3 atom stereocenters. The fraction of sp³-hybridized carbons (Fsp3) is 0.500. The topological polar surface area (TPSA) is 88.2 Å². The molecule has 8 heteroatoms. The van der Waals surface area contributed by atoms with Crippen molar-refractivity contribution in [1.82, 2.24) is 9.80 Å². The average molecular weight is 522 g/mol. The van der Waals surface area contributed by atoms with E-state index in [0.29, 0.717) is 35.7 Å². The van der Waals surface area contributed by atoms with Gasteiger partial charge in [-0.2, -0.15) is 0 Å². The monoisotopic (exact) mass is 521 g/mol. The Kier molecular flexibility index (Phi) is 9.05. The predicted octanol–water partition coefficient (Wildman–Crippen LogP) is 4.46. The number of nitrogens with zero attached hydrogens (tertiary/aromatic N) is 2. The number of methoxy groups -OCH3 is 1. The third-order valence-corrected chi connectivity index (χ3v) is 7.72. The first kappa shape index (κ1) is 27.6. The summed E-state index contributed by atoms with van der Waals surface area (Å²) in [6, 6.07) is 14.1. The molecule has 4 rings (SSSR count). The Balaban J connectivity index is 1.63. The van der Waals surface area contributed by atoms with Crippen molar-refractivity contribution < 1.29 is 23.9 Å². The summed E-state index contributed by atoms with van der Waals surface area (Å²) >= 11 is 0. The number of hydrogen-bond donors (Lipinski definition) is 1. The van der Waals surface area contributed by atoms with Gasteiger partial charge >= 0.3 is 0 Å². The highest BCUT2D eigenvalue weighted by Gasteiger charge is 2.31. The number of ether oxygens (including phenoxy) is 2. The summed E-state index contributed by atoms with van der Waals surface area (Å²) in [4.78, 5) is 43.2. The number of nitrogens with one attached hydrogen (secondary N) is 1. The Morgan fingerprint density at radius 2 is 1.74 bits per heavy atom. The van der Waals surface area contributed by atoms with Crippen molar-refractivity contribution in [2.45, 2.75) is 51.7 Å². The van der Waals surface area contributed by atoms with Gasteiger partial charge < -0.3 is 24.6 Å². The number of carbonyl (C=O) groups excluding carboxylic acids is 3. The fourth-order valence-electron chi connectivity index (χ4n) is 5.32. The zero-order valence-corrected chi connectivity index (χ0v) is 22.8. The lowest BCUT2D eigenvalue weighted by molar-refractivity contribution is -0.119. The van der Waals surface area contributed by atoms with Crippen LogP contribution in [0.5, 0.6) is 5.75 Å². The molecule has 0 bridgehead atoms. The van der Waals surface area contributed by atoms with Crippen molar-refractivity contribution in [3.8, 4) is 5.75 Å². The van der Waals surface area contributed by atoms with Gasteiger partial charge in [0.05, 0.1) is 17.7 Å². The number of likely N-dealkylation sites (N-methyl/N-ethyl adjacent to an activating group) is 1. The summed E-state index contributed by atoms with van der Waals surface area (Å²) < 4.78 is 12.0. The smallest absolute Gasteiger partial charge is 0.257 e. The normalized spacial score (nSPS) is 23.2. The maximum absolute atomic E-state index is 13.6. The Morgan fingerprint density at radius 3 is 2.42 bits per heavy atom. The van der Waals surface area contributed by atoms with Crippen LogP contribution in [0.25, 0.3) is 0 Å². The molecule has 1 heterocycles. The summed E-state index contributed by atoms with van der Waals surface area (Å²) in [7, 11) is 3.36. The highest BCUT2D eigenvalue weighted by Crippen LogP contribution is 2.29. The van der Waals surface area contributed by atoms with Gasteiger partial charge in [-0.3, -0.25) is 14.4 Å². The minimum absolute atomic E-state index is 0.00529. The van der Waals surface area contributed by atoms with E-state index >= 15 is 0 Å². The van der Waals surface area contributed by atoms with Gasteiger partial charge in [-0.1, -0.05) is 38.0 Å². The van der Waals surface area contributed by atoms with Crippen molar-refractivity contribution in [1.29, 1.82) is 0 Å². The van der Waals surface area contributed by atoms with E-state index in [1.54, 1.807) is 37.3 Å². The fourth-order valence-corrected chi connectivity index (χ4v) is 5.32. The van der Waals surface area contributed by atoms with Crippen molar-refractivity contribution in [3.63, 3.8) is 0 Å². The number of carbonyl (C=O) groups is 3. The van der Waals surface area contributed by atoms with Gasteiger partial charge in [0.15, 0.2) is 0 Å². The molecule has 0 spiro atoms. The van der Waals surface area contributed by atoms with Gasteiger partial charge in [0, 0.05) is 50.3 Å². The van der Waals surface area contributed by atoms with E-state index in [-0.39, 0.29) is 48.3 Å². The van der Waals surface area contributed by atoms with Crippen molar-refractivity contribution in [3.05, 3.63) is 59.7 Å². The van der Waals surface area contributed by atoms with Gasteiger partial charge in [-0.05, 0) is 50.1 Å². The van der Waals surface area contributed by atoms with Gasteiger partial charge in [0.25, 0.3) is 11.8 Å². The molecule has 1 saturated carbocycles. The Morgan fingerprint density at radius 1 is 1.03 bits per heavy atom. The highest BCUT2D eigenvalue weighted by atomic mass is 16.5. The largest absolute Gasteiger partial charge is 0.491 e. The molecule has 38 heavy (non-hydrogen) atoms. The van der Waals surface area contributed by atoms with E-state index in [1.165, 1.54) is 0 Å². The van der Waals surface area contributed by atoms with Crippen molar-refractivity contribution in [2.75, 3.05) is 39.2 Å². The molecule has 0 unspecified atom stereocenters. The summed E-state index contributed by atoms with van der Waals surface area (Å²) in [5.74, 6) is 0.105. The van der Waals surface area contributed by atoms with Crippen LogP contribution >= 0.6 is 0 Å². The molecule has 204 valence electrons. The Bertz CT molecular complexity index is 1130. The first-order valence-electron chi connectivity index (χ1n) is 13.5. The third-order valence-electron chi connectivity index (χ3n) is 7.72. The van der Waals surface area contributed by atoms with Crippen LogP contribution in [-0.4, -0.2) is 73.5 Å². The van der Waals surface area contributed by atoms with Crippen LogP contribution in [0.15, 0.2) is 48.5 Å². The molecule has 1 aliphatic heterocycles. The lowest BCUT2D eigenvalue weighted by Crippen LogP contribution is -2.48. The molecule has 2 aromatic carbocycles. The summed E-state index contributed by atoms with van der Waals surface area (Å²) in [6.45, 7) is 4.99. The second kappa shape index (κ2) is 12.4. The minimum Gasteiger partial charge on any atom is -0.491 e. The number of benzene rings is 2. The first-order valence-corrected chi connectivity index (χ1v) is 13.5. The molecular formula is C30H39N3O5. The van der Waals surface area contributed by atoms with Crippen LogP contribution in [0.3, 0.4) is 0 Å². The average Bonchev–Trinajstić information content (AvgIpc) is 3.48. The quantitative estimate of drug-likeness (QED) is 0.642. The molecule has 8 nitrogen and oxygen atoms in total. The molecule has 0 aromatic heterocycles. The molecule has 3 amide bonds. The van der Waals surface area contributed by atoms with E-state index < -0.39 is 0 Å². The third kappa shape index (κ3) is 6.35. The lowest BCUT2D eigenvalue weighted by atomic mass is 10.0. The SMILES string of the molecule is CO[C@@H]1CN(C)C(=O)c2cc(NC(=O)C3CCCC3)ccc2OC[C@@H](C)N(C(=O)c2ccccc2)C[C@H]1C. The van der Waals surface area contributed by atoms with Crippen LogP contribution in [0.4, 0.5) is 5.69 Å². The number of rotatable bonds is 4. The van der Waals surface area contributed by atoms with Crippen LogP contribution in [0.1, 0.15) is 60.2 Å². The number of hydrogen-bond acceptors (Lipinski definition) is 5. The highest BCUT2D eigenvalue weighted by molar-refractivity contribution is 6.00. The second-order valence-corrected chi connectivity index (χ2v) is 10.6. The van der Waals surface area contributed by atoms with Gasteiger partial charge in [0.1, 0.15) is 12.4 Å². The maximum atomic E-state index is 13.6. The maximum Gasteiger partial charge on any atom is 0.257 e. The summed E-state index contributed by atoms with van der Waals surface area (Å²) in [5.41, 5.74) is 1.56. The Labute approximate surface area is 225 Å². The van der Waals surface area contributed by atoms with Crippen molar-refractivity contribution >= 4 is 23.4 Å². The van der Waals surface area contributed by atoms with Gasteiger partial charge in [0.2, 0.25) is 5.91 Å². The van der Waals surface area contributed by atoms with Crippen LogP contribution < -0.4 is 10.1 Å².